The predicted octanol–water partition coefficient (Wildman–Crippen LogP) is -0.0706. The Kier molecular flexibility index (Phi) is 4.32. The third kappa shape index (κ3) is 3.15. The molecular formula is C19H22N4O4. The number of imide groups is 2. The fourth-order valence-corrected chi connectivity index (χ4v) is 3.91. The number of carbonyl (C=O) groups excluding carboxylic acids is 4. The molecule has 0 aliphatic carbocycles. The van der Waals surface area contributed by atoms with Crippen LogP contribution < -0.4 is 16.0 Å². The molecule has 4 amide bonds. The molecule has 1 aromatic rings. The topological polar surface area (TPSA) is 108 Å². The summed E-state index contributed by atoms with van der Waals surface area (Å²) in [4.78, 5) is 49.9. The van der Waals surface area contributed by atoms with Crippen molar-refractivity contribution in [1.29, 1.82) is 0 Å². The van der Waals surface area contributed by atoms with E-state index in [1.165, 1.54) is 0 Å². The van der Waals surface area contributed by atoms with Crippen LogP contribution in [-0.4, -0.2) is 53.2 Å². The van der Waals surface area contributed by atoms with E-state index in [4.69, 9.17) is 0 Å². The van der Waals surface area contributed by atoms with E-state index in [1.54, 1.807) is 12.1 Å². The van der Waals surface area contributed by atoms with Crippen LogP contribution in [0.4, 0.5) is 0 Å². The van der Waals surface area contributed by atoms with Crippen LogP contribution in [0.1, 0.15) is 52.5 Å². The van der Waals surface area contributed by atoms with Crippen LogP contribution in [-0.2, 0) is 16.1 Å². The van der Waals surface area contributed by atoms with E-state index >= 15 is 0 Å². The van der Waals surface area contributed by atoms with Gasteiger partial charge in [0.05, 0.1) is 11.1 Å². The SMILES string of the molecule is C[C@@]1(NCc2ccc3c(c2)C(=O)N(C2CCC(=O)NC2=O)C3=O)CCNC1. The highest BCUT2D eigenvalue weighted by Crippen LogP contribution is 2.28. The van der Waals surface area contributed by atoms with E-state index in [0.717, 1.165) is 30.0 Å². The number of nitrogens with zero attached hydrogens (tertiary/aromatic N) is 1. The van der Waals surface area contributed by atoms with Gasteiger partial charge in [-0.1, -0.05) is 6.07 Å². The summed E-state index contributed by atoms with van der Waals surface area (Å²) < 4.78 is 0. The average molecular weight is 370 g/mol. The third-order valence-electron chi connectivity index (χ3n) is 5.59. The van der Waals surface area contributed by atoms with Crippen molar-refractivity contribution in [3.63, 3.8) is 0 Å². The highest BCUT2D eigenvalue weighted by molar-refractivity contribution is 6.23. The molecule has 3 aliphatic rings. The fourth-order valence-electron chi connectivity index (χ4n) is 3.91. The molecule has 3 aliphatic heterocycles. The number of nitrogens with one attached hydrogen (secondary N) is 3. The highest BCUT2D eigenvalue weighted by Gasteiger charge is 2.44. The summed E-state index contributed by atoms with van der Waals surface area (Å²) in [7, 11) is 0. The molecule has 4 rings (SSSR count). The van der Waals surface area contributed by atoms with E-state index in [9.17, 15) is 19.2 Å². The molecule has 0 spiro atoms. The standard InChI is InChI=1S/C19H22N4O4/c1-19(6-7-20-10-19)21-9-11-2-3-12-13(8-11)18(27)23(17(12)26)14-4-5-15(24)22-16(14)25/h2-3,8,14,20-21H,4-7,9-10H2,1H3,(H,22,24,25)/t14?,19-/m1/s1. The largest absolute Gasteiger partial charge is 0.315 e. The highest BCUT2D eigenvalue weighted by atomic mass is 16.2. The first-order valence-electron chi connectivity index (χ1n) is 9.18. The Morgan fingerprint density at radius 1 is 1.19 bits per heavy atom. The summed E-state index contributed by atoms with van der Waals surface area (Å²) in [5.41, 5.74) is 1.55. The zero-order chi connectivity index (χ0) is 19.2. The van der Waals surface area contributed by atoms with E-state index in [0.29, 0.717) is 17.7 Å². The molecule has 3 heterocycles. The lowest BCUT2D eigenvalue weighted by Crippen LogP contribution is -2.54. The second kappa shape index (κ2) is 6.54. The Bertz CT molecular complexity index is 844. The fraction of sp³-hybridized carbons (Fsp3) is 0.474. The number of hydrogen-bond donors (Lipinski definition) is 3. The smallest absolute Gasteiger partial charge is 0.262 e. The lowest BCUT2D eigenvalue weighted by Gasteiger charge is -2.27. The zero-order valence-corrected chi connectivity index (χ0v) is 15.1. The molecule has 8 heteroatoms. The monoisotopic (exact) mass is 370 g/mol. The van der Waals surface area contributed by atoms with Crippen LogP contribution in [0, 0.1) is 0 Å². The van der Waals surface area contributed by atoms with E-state index in [-0.39, 0.29) is 24.3 Å². The van der Waals surface area contributed by atoms with Crippen molar-refractivity contribution in [2.75, 3.05) is 13.1 Å². The van der Waals surface area contributed by atoms with Crippen molar-refractivity contribution >= 4 is 23.6 Å². The summed E-state index contributed by atoms with van der Waals surface area (Å²) in [6.07, 6.45) is 1.31. The van der Waals surface area contributed by atoms with Crippen LogP contribution in [0.2, 0.25) is 0 Å². The molecule has 2 fully saturated rings. The summed E-state index contributed by atoms with van der Waals surface area (Å²) in [5.74, 6) is -1.92. The molecule has 3 N–H and O–H groups in total. The molecule has 0 saturated carbocycles. The number of piperidine rings is 1. The van der Waals surface area contributed by atoms with Crippen molar-refractivity contribution < 1.29 is 19.2 Å². The predicted molar refractivity (Wildman–Crippen MR) is 95.8 cm³/mol. The Labute approximate surface area is 156 Å². The van der Waals surface area contributed by atoms with Gasteiger partial charge in [0.15, 0.2) is 0 Å². The van der Waals surface area contributed by atoms with Crippen molar-refractivity contribution in [3.05, 3.63) is 34.9 Å². The van der Waals surface area contributed by atoms with Crippen LogP contribution in [0.5, 0.6) is 0 Å². The number of amides is 4. The summed E-state index contributed by atoms with van der Waals surface area (Å²) in [5, 5.41) is 9.03. The number of carbonyl (C=O) groups is 4. The first-order chi connectivity index (χ1) is 12.9. The Hall–Kier alpha value is -2.58. The van der Waals surface area contributed by atoms with Crippen LogP contribution in [0.15, 0.2) is 18.2 Å². The van der Waals surface area contributed by atoms with Crippen LogP contribution in [0.3, 0.4) is 0 Å². The molecule has 142 valence electrons. The summed E-state index contributed by atoms with van der Waals surface area (Å²) >= 11 is 0. The average Bonchev–Trinajstić information content (AvgIpc) is 3.17. The number of rotatable bonds is 4. The molecule has 27 heavy (non-hydrogen) atoms. The lowest BCUT2D eigenvalue weighted by molar-refractivity contribution is -0.136. The number of benzene rings is 1. The Balaban J connectivity index is 1.53. The molecule has 0 radical (unpaired) electrons. The van der Waals surface area contributed by atoms with Crippen molar-refractivity contribution in [1.82, 2.24) is 20.9 Å². The minimum atomic E-state index is -0.930. The van der Waals surface area contributed by atoms with E-state index in [2.05, 4.69) is 22.9 Å². The molecule has 2 saturated heterocycles. The summed E-state index contributed by atoms with van der Waals surface area (Å²) in [6.45, 7) is 4.60. The quantitative estimate of drug-likeness (QED) is 0.641. The Morgan fingerprint density at radius 2 is 1.96 bits per heavy atom. The second-order valence-corrected chi connectivity index (χ2v) is 7.67. The first-order valence-corrected chi connectivity index (χ1v) is 9.18. The van der Waals surface area contributed by atoms with E-state index in [1.807, 2.05) is 6.07 Å². The third-order valence-corrected chi connectivity index (χ3v) is 5.59. The first kappa shape index (κ1) is 17.8. The van der Waals surface area contributed by atoms with Gasteiger partial charge in [0, 0.05) is 25.0 Å². The maximum atomic E-state index is 12.8. The maximum absolute atomic E-state index is 12.8. The van der Waals surface area contributed by atoms with Gasteiger partial charge in [-0.2, -0.15) is 0 Å². The van der Waals surface area contributed by atoms with Crippen molar-refractivity contribution in [2.45, 2.75) is 44.3 Å². The Morgan fingerprint density at radius 3 is 2.67 bits per heavy atom. The number of hydrogen-bond acceptors (Lipinski definition) is 6. The van der Waals surface area contributed by atoms with Gasteiger partial charge < -0.3 is 10.6 Å². The van der Waals surface area contributed by atoms with Crippen molar-refractivity contribution in [3.8, 4) is 0 Å². The van der Waals surface area contributed by atoms with Gasteiger partial charge in [-0.15, -0.1) is 0 Å². The van der Waals surface area contributed by atoms with E-state index < -0.39 is 23.8 Å². The molecule has 1 aromatic carbocycles. The number of fused-ring (bicyclic) bond motifs is 1. The van der Waals surface area contributed by atoms with Crippen LogP contribution >= 0.6 is 0 Å². The molecule has 1 unspecified atom stereocenters. The summed E-state index contributed by atoms with van der Waals surface area (Å²) in [6, 6.07) is 4.27. The van der Waals surface area contributed by atoms with Crippen molar-refractivity contribution in [2.24, 2.45) is 0 Å². The molecule has 2 atom stereocenters. The molecule has 8 nitrogen and oxygen atoms in total. The van der Waals surface area contributed by atoms with Gasteiger partial charge in [-0.25, -0.2) is 0 Å². The normalized spacial score (nSPS) is 27.9. The second-order valence-electron chi connectivity index (χ2n) is 7.67. The molecular weight excluding hydrogens is 348 g/mol. The molecule has 0 bridgehead atoms. The minimum Gasteiger partial charge on any atom is -0.315 e. The maximum Gasteiger partial charge on any atom is 0.262 e. The lowest BCUT2D eigenvalue weighted by atomic mass is 10.0. The zero-order valence-electron chi connectivity index (χ0n) is 15.1. The van der Waals surface area contributed by atoms with Gasteiger partial charge in [0.2, 0.25) is 11.8 Å². The van der Waals surface area contributed by atoms with Gasteiger partial charge in [0.1, 0.15) is 6.04 Å². The van der Waals surface area contributed by atoms with Gasteiger partial charge in [-0.05, 0) is 44.0 Å². The molecule has 0 aromatic heterocycles. The van der Waals surface area contributed by atoms with Gasteiger partial charge >= 0.3 is 0 Å². The van der Waals surface area contributed by atoms with Gasteiger partial charge in [-0.3, -0.25) is 29.4 Å². The van der Waals surface area contributed by atoms with Gasteiger partial charge in [0.25, 0.3) is 11.8 Å². The van der Waals surface area contributed by atoms with Crippen LogP contribution in [0.25, 0.3) is 0 Å². The minimum absolute atomic E-state index is 0.0115.